The molecule has 4 N–H and O–H groups in total. The van der Waals surface area contributed by atoms with Crippen LogP contribution in [0, 0.1) is 5.41 Å². The fraction of sp³-hybridized carbons (Fsp3) is 0.150. The first-order valence-electron chi connectivity index (χ1n) is 8.13. The predicted molar refractivity (Wildman–Crippen MR) is 103 cm³/mol. The van der Waals surface area contributed by atoms with E-state index in [2.05, 4.69) is 10.3 Å². The molecule has 0 fully saturated rings. The molecule has 0 aliphatic heterocycles. The quantitative estimate of drug-likeness (QED) is 0.527. The third-order valence-corrected chi connectivity index (χ3v) is 4.25. The van der Waals surface area contributed by atoms with Crippen LogP contribution >= 0.6 is 0 Å². The molecule has 2 aromatic carbocycles. The number of aromatic nitrogens is 1. The Morgan fingerprint density at radius 3 is 2.73 bits per heavy atom. The number of hydrogen-bond acceptors (Lipinski definition) is 6. The van der Waals surface area contributed by atoms with Gasteiger partial charge < -0.3 is 20.9 Å². The van der Waals surface area contributed by atoms with Crippen LogP contribution in [0.5, 0.6) is 0 Å². The van der Waals surface area contributed by atoms with E-state index < -0.39 is 12.7 Å². The lowest BCUT2D eigenvalue weighted by molar-refractivity contribution is 0.0957. The molecule has 0 spiro atoms. The molecule has 0 aliphatic rings. The lowest BCUT2D eigenvalue weighted by atomic mass is 10.0. The number of benzene rings is 1. The highest BCUT2D eigenvalue weighted by atomic mass is 16.3. The summed E-state index contributed by atoms with van der Waals surface area (Å²) >= 11 is 0. The standard InChI is InChI=1S/C20H19N3O3/c1-22-9-15(8-21)14-7-17-18(23-10-14)5-4-12-2-3-13(19(25)11-24)6-16(12)20(17)26/h2-10,19,21-22,24-25H,11H2,1H3/b15-9+,21-8?. The van der Waals surface area contributed by atoms with Crippen LogP contribution in [0.1, 0.15) is 17.2 Å². The molecule has 1 heterocycles. The van der Waals surface area contributed by atoms with Gasteiger partial charge in [0.15, 0.2) is 5.43 Å². The van der Waals surface area contributed by atoms with Crippen LogP contribution < -0.4 is 10.7 Å². The van der Waals surface area contributed by atoms with Crippen molar-refractivity contribution in [3.8, 4) is 0 Å². The molecule has 26 heavy (non-hydrogen) atoms. The minimum atomic E-state index is -1.03. The van der Waals surface area contributed by atoms with Crippen molar-refractivity contribution in [3.63, 3.8) is 0 Å². The minimum Gasteiger partial charge on any atom is -0.393 e. The molecular weight excluding hydrogens is 330 g/mol. The summed E-state index contributed by atoms with van der Waals surface area (Å²) in [6.45, 7) is -0.414. The van der Waals surface area contributed by atoms with E-state index in [1.165, 1.54) is 6.21 Å². The van der Waals surface area contributed by atoms with Crippen molar-refractivity contribution in [2.24, 2.45) is 0 Å². The van der Waals surface area contributed by atoms with Crippen molar-refractivity contribution in [2.75, 3.05) is 13.7 Å². The van der Waals surface area contributed by atoms with Crippen molar-refractivity contribution in [2.45, 2.75) is 6.10 Å². The van der Waals surface area contributed by atoms with Gasteiger partial charge in [-0.15, -0.1) is 0 Å². The highest BCUT2D eigenvalue weighted by molar-refractivity contribution is 6.09. The summed E-state index contributed by atoms with van der Waals surface area (Å²) in [5.74, 6) is 0. The maximum atomic E-state index is 13.1. The van der Waals surface area contributed by atoms with Crippen LogP contribution in [0.2, 0.25) is 0 Å². The van der Waals surface area contributed by atoms with Gasteiger partial charge in [0.25, 0.3) is 0 Å². The number of nitrogens with one attached hydrogen (secondary N) is 2. The Balaban J connectivity index is 2.33. The maximum absolute atomic E-state index is 13.1. The molecular formula is C20H19N3O3. The van der Waals surface area contributed by atoms with E-state index >= 15 is 0 Å². The zero-order valence-corrected chi connectivity index (χ0v) is 14.2. The summed E-state index contributed by atoms with van der Waals surface area (Å²) in [6, 6.07) is 10.3. The number of allylic oxidation sites excluding steroid dienone is 1. The zero-order valence-electron chi connectivity index (χ0n) is 14.2. The topological polar surface area (TPSA) is 106 Å². The van der Waals surface area contributed by atoms with Crippen molar-refractivity contribution in [3.05, 3.63) is 70.1 Å². The average Bonchev–Trinajstić information content (AvgIpc) is 2.82. The normalized spacial score (nSPS) is 13.0. The van der Waals surface area contributed by atoms with E-state index in [9.17, 15) is 9.90 Å². The number of aliphatic hydroxyl groups excluding tert-OH is 2. The third-order valence-electron chi connectivity index (χ3n) is 4.25. The molecule has 6 heteroatoms. The summed E-state index contributed by atoms with van der Waals surface area (Å²) in [6.07, 6.45) is 3.45. The molecule has 6 nitrogen and oxygen atoms in total. The molecule has 0 bridgehead atoms. The Hall–Kier alpha value is -3.09. The lowest BCUT2D eigenvalue weighted by Gasteiger charge is -2.07. The lowest BCUT2D eigenvalue weighted by Crippen LogP contribution is -2.05. The largest absolute Gasteiger partial charge is 0.393 e. The van der Waals surface area contributed by atoms with E-state index in [0.717, 1.165) is 5.39 Å². The Morgan fingerprint density at radius 1 is 1.27 bits per heavy atom. The molecule has 1 aromatic heterocycles. The summed E-state index contributed by atoms with van der Waals surface area (Å²) in [4.78, 5) is 17.5. The van der Waals surface area contributed by atoms with E-state index in [4.69, 9.17) is 10.5 Å². The van der Waals surface area contributed by atoms with Crippen molar-refractivity contribution >= 4 is 33.5 Å². The first-order valence-corrected chi connectivity index (χ1v) is 8.13. The van der Waals surface area contributed by atoms with Crippen LogP contribution in [-0.4, -0.2) is 35.1 Å². The molecule has 132 valence electrons. The SMILES string of the molecule is CN/C=C(\C=N)c1cnc2ccc3ccc(C(O)CO)cc3c(=O)c2c1. The zero-order chi connectivity index (χ0) is 18.7. The van der Waals surface area contributed by atoms with Gasteiger partial charge in [-0.25, -0.2) is 0 Å². The van der Waals surface area contributed by atoms with E-state index in [1.807, 2.05) is 6.07 Å². The molecule has 1 atom stereocenters. The summed E-state index contributed by atoms with van der Waals surface area (Å²) in [7, 11) is 1.73. The van der Waals surface area contributed by atoms with Gasteiger partial charge in [0.2, 0.25) is 0 Å². The van der Waals surface area contributed by atoms with Crippen LogP contribution in [0.15, 0.2) is 53.6 Å². The van der Waals surface area contributed by atoms with E-state index in [0.29, 0.717) is 33.0 Å². The fourth-order valence-corrected chi connectivity index (χ4v) is 2.85. The van der Waals surface area contributed by atoms with Crippen LogP contribution in [0.25, 0.3) is 27.2 Å². The van der Waals surface area contributed by atoms with E-state index in [1.54, 1.807) is 49.8 Å². The second-order valence-corrected chi connectivity index (χ2v) is 5.90. The summed E-state index contributed by atoms with van der Waals surface area (Å²) in [5, 5.41) is 31.0. The van der Waals surface area contributed by atoms with Gasteiger partial charge in [-0.3, -0.25) is 9.78 Å². The van der Waals surface area contributed by atoms with Crippen molar-refractivity contribution < 1.29 is 10.2 Å². The van der Waals surface area contributed by atoms with Crippen LogP contribution in [0.3, 0.4) is 0 Å². The van der Waals surface area contributed by atoms with E-state index in [-0.39, 0.29) is 5.43 Å². The van der Waals surface area contributed by atoms with Gasteiger partial charge in [-0.2, -0.15) is 0 Å². The number of fused-ring (bicyclic) bond motifs is 2. The Bertz CT molecular complexity index is 1080. The van der Waals surface area contributed by atoms with Crippen LogP contribution in [-0.2, 0) is 0 Å². The molecule has 3 aromatic rings. The second-order valence-electron chi connectivity index (χ2n) is 5.90. The van der Waals surface area contributed by atoms with Crippen molar-refractivity contribution in [1.29, 1.82) is 5.41 Å². The molecule has 0 radical (unpaired) electrons. The molecule has 0 saturated heterocycles. The molecule has 1 unspecified atom stereocenters. The van der Waals surface area contributed by atoms with Crippen molar-refractivity contribution in [1.82, 2.24) is 10.3 Å². The second kappa shape index (κ2) is 7.43. The maximum Gasteiger partial charge on any atom is 0.195 e. The number of aliphatic hydroxyl groups is 2. The molecule has 0 aliphatic carbocycles. The highest BCUT2D eigenvalue weighted by Gasteiger charge is 2.10. The monoisotopic (exact) mass is 349 g/mol. The number of pyridine rings is 1. The summed E-state index contributed by atoms with van der Waals surface area (Å²) in [5.41, 5.74) is 2.08. The summed E-state index contributed by atoms with van der Waals surface area (Å²) < 4.78 is 0. The first kappa shape index (κ1) is 17.7. The first-order chi connectivity index (χ1) is 12.6. The minimum absolute atomic E-state index is 0.213. The van der Waals surface area contributed by atoms with Gasteiger partial charge in [-0.1, -0.05) is 18.2 Å². The molecule has 3 rings (SSSR count). The smallest absolute Gasteiger partial charge is 0.195 e. The number of nitrogens with zero attached hydrogens (tertiary/aromatic N) is 1. The van der Waals surface area contributed by atoms with Gasteiger partial charge in [-0.05, 0) is 29.1 Å². The van der Waals surface area contributed by atoms with Gasteiger partial charge in [0.1, 0.15) is 6.10 Å². The predicted octanol–water partition coefficient (Wildman–Crippen LogP) is 1.98. The highest BCUT2D eigenvalue weighted by Crippen LogP contribution is 2.21. The fourth-order valence-electron chi connectivity index (χ4n) is 2.85. The molecule has 0 saturated carbocycles. The average molecular weight is 349 g/mol. The number of rotatable bonds is 5. The Kier molecular flexibility index (Phi) is 5.06. The molecule has 0 amide bonds. The Morgan fingerprint density at radius 2 is 2.04 bits per heavy atom. The third kappa shape index (κ3) is 3.20. The van der Waals surface area contributed by atoms with Gasteiger partial charge in [0, 0.05) is 47.6 Å². The Labute approximate surface area is 150 Å². The van der Waals surface area contributed by atoms with Gasteiger partial charge in [0.05, 0.1) is 12.1 Å². The van der Waals surface area contributed by atoms with Crippen LogP contribution in [0.4, 0.5) is 0 Å². The number of hydrogen-bond donors (Lipinski definition) is 4. The van der Waals surface area contributed by atoms with Gasteiger partial charge >= 0.3 is 0 Å².